The van der Waals surface area contributed by atoms with Gasteiger partial charge in [0.1, 0.15) is 5.75 Å². The number of piperidine rings is 1. The summed E-state index contributed by atoms with van der Waals surface area (Å²) in [5.41, 5.74) is 4.12. The van der Waals surface area contributed by atoms with Crippen LogP contribution in [-0.2, 0) is 13.1 Å². The largest absolute Gasteiger partial charge is 0.496 e. The van der Waals surface area contributed by atoms with Crippen molar-refractivity contribution in [2.75, 3.05) is 47.4 Å². The molecule has 0 aromatic heterocycles. The van der Waals surface area contributed by atoms with E-state index in [1.807, 2.05) is 0 Å². The molecule has 0 N–H and O–H groups in total. The lowest BCUT2D eigenvalue weighted by molar-refractivity contribution is 0.146. The monoisotopic (exact) mass is 371 g/mol. The topological polar surface area (TPSA) is 19.0 Å². The fraction of sp³-hybridized carbons (Fsp3) is 0.652. The van der Waals surface area contributed by atoms with Crippen molar-refractivity contribution in [3.05, 3.63) is 41.0 Å². The van der Waals surface area contributed by atoms with Crippen LogP contribution in [0.4, 0.5) is 0 Å². The van der Waals surface area contributed by atoms with Gasteiger partial charge in [-0.1, -0.05) is 17.7 Å². The van der Waals surface area contributed by atoms with Gasteiger partial charge >= 0.3 is 0 Å². The number of hydrogen-bond acceptors (Lipinski definition) is 4. The molecule has 0 unspecified atom stereocenters. The molecule has 4 heteroatoms. The summed E-state index contributed by atoms with van der Waals surface area (Å²) < 4.78 is 5.56. The van der Waals surface area contributed by atoms with E-state index in [-0.39, 0.29) is 0 Å². The first-order chi connectivity index (χ1) is 12.9. The minimum atomic E-state index is 0.707. The van der Waals surface area contributed by atoms with E-state index >= 15 is 0 Å². The van der Waals surface area contributed by atoms with Gasteiger partial charge in [0.05, 0.1) is 7.11 Å². The van der Waals surface area contributed by atoms with Crippen molar-refractivity contribution in [3.63, 3.8) is 0 Å². The Morgan fingerprint density at radius 3 is 2.70 bits per heavy atom. The van der Waals surface area contributed by atoms with E-state index in [0.29, 0.717) is 6.04 Å². The average Bonchev–Trinajstić information content (AvgIpc) is 2.90. The predicted molar refractivity (Wildman–Crippen MR) is 113 cm³/mol. The van der Waals surface area contributed by atoms with Crippen molar-refractivity contribution in [1.82, 2.24) is 14.7 Å². The van der Waals surface area contributed by atoms with Crippen LogP contribution in [0.3, 0.4) is 0 Å². The summed E-state index contributed by atoms with van der Waals surface area (Å²) in [6.07, 6.45) is 5.13. The molecule has 4 rings (SSSR count). The number of ether oxygens (including phenoxy) is 1. The second-order valence-electron chi connectivity index (χ2n) is 8.91. The highest BCUT2D eigenvalue weighted by molar-refractivity contribution is 5.37. The Kier molecular flexibility index (Phi) is 6.96. The van der Waals surface area contributed by atoms with Gasteiger partial charge in [-0.2, -0.15) is 0 Å². The van der Waals surface area contributed by atoms with E-state index in [1.165, 1.54) is 49.2 Å². The number of methoxy groups -OCH3 is 1. The lowest BCUT2D eigenvalue weighted by Crippen LogP contribution is -2.43. The van der Waals surface area contributed by atoms with Crippen molar-refractivity contribution in [3.8, 4) is 5.75 Å². The van der Waals surface area contributed by atoms with Crippen LogP contribution in [0.2, 0.25) is 0 Å². The molecule has 27 heavy (non-hydrogen) atoms. The Labute approximate surface area is 165 Å². The minimum Gasteiger partial charge on any atom is -0.496 e. The molecule has 0 saturated carbocycles. The lowest BCUT2D eigenvalue weighted by atomic mass is 9.95. The molecule has 3 fully saturated rings. The first-order valence-electron chi connectivity index (χ1n) is 10.3. The number of hydrogen-bond donors (Lipinski definition) is 0. The summed E-state index contributed by atoms with van der Waals surface area (Å²) in [6, 6.07) is 7.43. The third-order valence-electron chi connectivity index (χ3n) is 5.87. The number of nitrogens with zero attached hydrogens (tertiary/aromatic N) is 3. The van der Waals surface area contributed by atoms with Crippen molar-refractivity contribution in [1.29, 1.82) is 0 Å². The lowest BCUT2D eigenvalue weighted by Gasteiger charge is -2.35. The van der Waals surface area contributed by atoms with Crippen LogP contribution in [0.25, 0.3) is 0 Å². The zero-order chi connectivity index (χ0) is 19.4. The summed E-state index contributed by atoms with van der Waals surface area (Å²) in [5.74, 6) is 1.81. The fourth-order valence-corrected chi connectivity index (χ4v) is 4.58. The first kappa shape index (κ1) is 20.4. The third kappa shape index (κ3) is 5.56. The maximum absolute atomic E-state index is 5.56. The van der Waals surface area contributed by atoms with Gasteiger partial charge in [-0.15, -0.1) is 0 Å². The average molecular weight is 372 g/mol. The number of benzene rings is 1. The quantitative estimate of drug-likeness (QED) is 0.682. The molecule has 3 saturated heterocycles. The summed E-state index contributed by atoms with van der Waals surface area (Å²) in [7, 11) is 5.99. The second-order valence-corrected chi connectivity index (χ2v) is 8.91. The Bertz CT molecular complexity index is 651. The summed E-state index contributed by atoms with van der Waals surface area (Å²) in [5, 5.41) is 0. The maximum atomic E-state index is 5.56. The molecule has 0 amide bonds. The van der Waals surface area contributed by atoms with Crippen LogP contribution in [0.15, 0.2) is 29.8 Å². The number of allylic oxidation sites excluding steroid dienone is 1. The smallest absolute Gasteiger partial charge is 0.123 e. The van der Waals surface area contributed by atoms with Crippen LogP contribution in [0, 0.1) is 5.92 Å². The standard InChI is InChI=1S/C23H37N3O/c1-18(2)10-11-26-15-20-6-8-22(26)17-25(14-20)13-19-7-9-23(27-5)21(12-19)16-24(3)4/h7,9-10,12,20,22H,6,8,11,13-17H2,1-5H3/t20-,22+/m1/s1. The second kappa shape index (κ2) is 9.22. The van der Waals surface area contributed by atoms with E-state index in [1.54, 1.807) is 7.11 Å². The molecule has 2 bridgehead atoms. The fourth-order valence-electron chi connectivity index (χ4n) is 4.58. The molecule has 150 valence electrons. The molecule has 4 nitrogen and oxygen atoms in total. The molecule has 3 aliphatic heterocycles. The Hall–Kier alpha value is -1.36. The zero-order valence-electron chi connectivity index (χ0n) is 17.9. The van der Waals surface area contributed by atoms with E-state index in [9.17, 15) is 0 Å². The zero-order valence-corrected chi connectivity index (χ0v) is 17.9. The van der Waals surface area contributed by atoms with Crippen molar-refractivity contribution < 1.29 is 4.74 Å². The molecule has 1 aromatic rings. The molecule has 3 aliphatic rings. The molecular formula is C23H37N3O. The van der Waals surface area contributed by atoms with E-state index in [0.717, 1.165) is 31.3 Å². The maximum Gasteiger partial charge on any atom is 0.123 e. The minimum absolute atomic E-state index is 0.707. The summed E-state index contributed by atoms with van der Waals surface area (Å²) in [4.78, 5) is 7.60. The Morgan fingerprint density at radius 2 is 2.00 bits per heavy atom. The van der Waals surface area contributed by atoms with Crippen LogP contribution in [0.5, 0.6) is 5.75 Å². The Balaban J connectivity index is 1.68. The molecule has 0 aliphatic carbocycles. The predicted octanol–water partition coefficient (Wildman–Crippen LogP) is 3.62. The van der Waals surface area contributed by atoms with Gasteiger partial charge in [0.25, 0.3) is 0 Å². The molecule has 0 spiro atoms. The molecule has 2 atom stereocenters. The van der Waals surface area contributed by atoms with E-state index in [4.69, 9.17) is 4.74 Å². The first-order valence-corrected chi connectivity index (χ1v) is 10.3. The van der Waals surface area contributed by atoms with Gasteiger partial charge in [0.2, 0.25) is 0 Å². The van der Waals surface area contributed by atoms with Crippen molar-refractivity contribution in [2.24, 2.45) is 5.92 Å². The molecule has 1 aromatic carbocycles. The Morgan fingerprint density at radius 1 is 1.19 bits per heavy atom. The highest BCUT2D eigenvalue weighted by Gasteiger charge is 2.34. The van der Waals surface area contributed by atoms with Gasteiger partial charge in [-0.3, -0.25) is 9.80 Å². The highest BCUT2D eigenvalue weighted by atomic mass is 16.5. The van der Waals surface area contributed by atoms with Crippen LogP contribution < -0.4 is 4.74 Å². The van der Waals surface area contributed by atoms with E-state index in [2.05, 4.69) is 66.9 Å². The van der Waals surface area contributed by atoms with Crippen molar-refractivity contribution >= 4 is 0 Å². The number of fused-ring (bicyclic) bond motifs is 4. The molecule has 3 heterocycles. The van der Waals surface area contributed by atoms with Gasteiger partial charge in [0.15, 0.2) is 0 Å². The normalized spacial score (nSPS) is 23.5. The SMILES string of the molecule is COc1ccc(CN2C[C@H]3CC[C@@H](C2)N(CC=C(C)C)C3)cc1CN(C)C. The molecular weight excluding hydrogens is 334 g/mol. The van der Waals surface area contributed by atoms with Crippen LogP contribution >= 0.6 is 0 Å². The molecule has 0 radical (unpaired) electrons. The van der Waals surface area contributed by atoms with Gasteiger partial charge in [-0.05, 0) is 64.4 Å². The summed E-state index contributed by atoms with van der Waals surface area (Å²) in [6.45, 7) is 11.2. The summed E-state index contributed by atoms with van der Waals surface area (Å²) >= 11 is 0. The van der Waals surface area contributed by atoms with Crippen LogP contribution in [-0.4, -0.2) is 68.1 Å². The van der Waals surface area contributed by atoms with Crippen LogP contribution in [0.1, 0.15) is 37.8 Å². The van der Waals surface area contributed by atoms with Crippen molar-refractivity contribution in [2.45, 2.75) is 45.8 Å². The third-order valence-corrected chi connectivity index (χ3v) is 5.87. The van der Waals surface area contributed by atoms with Gasteiger partial charge < -0.3 is 9.64 Å². The highest BCUT2D eigenvalue weighted by Crippen LogP contribution is 2.29. The number of rotatable bonds is 7. The van der Waals surface area contributed by atoms with Gasteiger partial charge in [0, 0.05) is 50.9 Å². The van der Waals surface area contributed by atoms with Gasteiger partial charge in [-0.25, -0.2) is 0 Å². The van der Waals surface area contributed by atoms with E-state index < -0.39 is 0 Å².